The number of aromatic nitrogens is 3. The fraction of sp³-hybridized carbons (Fsp3) is 0.333. The van der Waals surface area contributed by atoms with Crippen LogP contribution in [0, 0.1) is 0 Å². The van der Waals surface area contributed by atoms with Crippen LogP contribution in [0.4, 0.5) is 5.69 Å². The molecule has 0 atom stereocenters. The highest BCUT2D eigenvalue weighted by Gasteiger charge is 2.06. The van der Waals surface area contributed by atoms with Crippen LogP contribution in [0.25, 0.3) is 0 Å². The number of nitrogens with two attached hydrogens (primary N) is 1. The summed E-state index contributed by atoms with van der Waals surface area (Å²) < 4.78 is 2.17. The number of hydrogen-bond donors (Lipinski definition) is 1. The molecular formula is C12H16N4S. The number of rotatable bonds is 4. The van der Waals surface area contributed by atoms with Gasteiger partial charge >= 0.3 is 0 Å². The largest absolute Gasteiger partial charge is 0.397 e. The minimum Gasteiger partial charge on any atom is -0.397 e. The highest BCUT2D eigenvalue weighted by atomic mass is 32.2. The van der Waals surface area contributed by atoms with Gasteiger partial charge in [0.15, 0.2) is 0 Å². The van der Waals surface area contributed by atoms with Crippen molar-refractivity contribution in [3.8, 4) is 0 Å². The summed E-state index contributed by atoms with van der Waals surface area (Å²) in [6.45, 7) is 4.30. The van der Waals surface area contributed by atoms with Crippen molar-refractivity contribution < 1.29 is 0 Å². The first-order valence-electron chi connectivity index (χ1n) is 5.52. The van der Waals surface area contributed by atoms with Gasteiger partial charge in [-0.1, -0.05) is 0 Å². The number of anilines is 1. The molecule has 0 aromatic carbocycles. The predicted molar refractivity (Wildman–Crippen MR) is 70.8 cm³/mol. The molecule has 0 saturated heterocycles. The summed E-state index contributed by atoms with van der Waals surface area (Å²) in [5.41, 5.74) is 7.50. The average Bonchev–Trinajstić information content (AvgIpc) is 2.76. The number of imidazole rings is 1. The molecule has 0 radical (unpaired) electrons. The topological polar surface area (TPSA) is 56.7 Å². The van der Waals surface area contributed by atoms with Crippen molar-refractivity contribution in [2.75, 3.05) is 5.73 Å². The Morgan fingerprint density at radius 2 is 2.18 bits per heavy atom. The molecular weight excluding hydrogens is 232 g/mol. The average molecular weight is 248 g/mol. The van der Waals surface area contributed by atoms with E-state index in [1.54, 1.807) is 18.0 Å². The SMILES string of the molecule is CC(C)n1cncc1CSc1ccc(N)cn1. The van der Waals surface area contributed by atoms with E-state index in [1.165, 1.54) is 5.69 Å². The Bertz CT molecular complexity index is 476. The molecule has 2 aromatic rings. The molecule has 0 bridgehead atoms. The summed E-state index contributed by atoms with van der Waals surface area (Å²) in [5, 5.41) is 0.982. The first kappa shape index (κ1) is 12.0. The molecule has 2 aromatic heterocycles. The third kappa shape index (κ3) is 3.00. The van der Waals surface area contributed by atoms with E-state index in [-0.39, 0.29) is 0 Å². The van der Waals surface area contributed by atoms with Gasteiger partial charge in [0.1, 0.15) is 0 Å². The molecule has 2 N–H and O–H groups in total. The summed E-state index contributed by atoms with van der Waals surface area (Å²) in [6, 6.07) is 4.25. The lowest BCUT2D eigenvalue weighted by molar-refractivity contribution is 0.584. The normalized spacial score (nSPS) is 11.0. The Labute approximate surface area is 105 Å². The summed E-state index contributed by atoms with van der Waals surface area (Å²) >= 11 is 1.69. The second kappa shape index (κ2) is 5.23. The van der Waals surface area contributed by atoms with Crippen LogP contribution in [0.3, 0.4) is 0 Å². The van der Waals surface area contributed by atoms with Crippen molar-refractivity contribution in [2.24, 2.45) is 0 Å². The zero-order valence-electron chi connectivity index (χ0n) is 10.00. The zero-order valence-corrected chi connectivity index (χ0v) is 10.8. The van der Waals surface area contributed by atoms with Crippen molar-refractivity contribution >= 4 is 17.4 Å². The van der Waals surface area contributed by atoms with Crippen molar-refractivity contribution in [2.45, 2.75) is 30.7 Å². The maximum absolute atomic E-state index is 5.60. The molecule has 0 unspecified atom stereocenters. The molecule has 0 aliphatic rings. The number of hydrogen-bond acceptors (Lipinski definition) is 4. The maximum Gasteiger partial charge on any atom is 0.0965 e. The van der Waals surface area contributed by atoms with Crippen LogP contribution in [0.15, 0.2) is 35.9 Å². The van der Waals surface area contributed by atoms with Crippen molar-refractivity contribution in [1.82, 2.24) is 14.5 Å². The van der Waals surface area contributed by atoms with Gasteiger partial charge in [0.05, 0.1) is 23.2 Å². The second-order valence-corrected chi connectivity index (χ2v) is 5.10. The van der Waals surface area contributed by atoms with E-state index in [0.717, 1.165) is 10.8 Å². The molecule has 0 fully saturated rings. The molecule has 4 nitrogen and oxygen atoms in total. The van der Waals surface area contributed by atoms with Crippen molar-refractivity contribution in [3.05, 3.63) is 36.5 Å². The summed E-state index contributed by atoms with van der Waals surface area (Å²) in [4.78, 5) is 8.44. The molecule has 2 heterocycles. The van der Waals surface area contributed by atoms with Crippen LogP contribution >= 0.6 is 11.8 Å². The van der Waals surface area contributed by atoms with E-state index in [0.29, 0.717) is 11.7 Å². The van der Waals surface area contributed by atoms with Crippen LogP contribution in [-0.4, -0.2) is 14.5 Å². The third-order valence-electron chi connectivity index (χ3n) is 2.43. The zero-order chi connectivity index (χ0) is 12.3. The number of nitrogen functional groups attached to an aromatic ring is 1. The Kier molecular flexibility index (Phi) is 3.68. The lowest BCUT2D eigenvalue weighted by Gasteiger charge is -2.11. The summed E-state index contributed by atoms with van der Waals surface area (Å²) in [5.74, 6) is 0.870. The van der Waals surface area contributed by atoms with Gasteiger partial charge < -0.3 is 10.3 Å². The first-order chi connectivity index (χ1) is 8.16. The molecule has 0 aliphatic heterocycles. The Balaban J connectivity index is 2.02. The van der Waals surface area contributed by atoms with Gasteiger partial charge in [-0.15, -0.1) is 11.8 Å². The van der Waals surface area contributed by atoms with E-state index in [1.807, 2.05) is 24.7 Å². The van der Waals surface area contributed by atoms with E-state index >= 15 is 0 Å². The van der Waals surface area contributed by atoms with Gasteiger partial charge in [0.2, 0.25) is 0 Å². The highest BCUT2D eigenvalue weighted by molar-refractivity contribution is 7.98. The molecule has 0 amide bonds. The van der Waals surface area contributed by atoms with Gasteiger partial charge in [0, 0.05) is 23.7 Å². The Hall–Kier alpha value is -1.49. The fourth-order valence-electron chi connectivity index (χ4n) is 1.53. The van der Waals surface area contributed by atoms with Crippen LogP contribution < -0.4 is 5.73 Å². The quantitative estimate of drug-likeness (QED) is 0.845. The lowest BCUT2D eigenvalue weighted by atomic mass is 10.4. The van der Waals surface area contributed by atoms with Gasteiger partial charge in [-0.25, -0.2) is 9.97 Å². The van der Waals surface area contributed by atoms with Gasteiger partial charge in [-0.2, -0.15) is 0 Å². The molecule has 2 rings (SSSR count). The minimum absolute atomic E-state index is 0.437. The van der Waals surface area contributed by atoms with E-state index in [4.69, 9.17) is 5.73 Å². The summed E-state index contributed by atoms with van der Waals surface area (Å²) in [7, 11) is 0. The van der Waals surface area contributed by atoms with E-state index in [2.05, 4.69) is 28.4 Å². The minimum atomic E-state index is 0.437. The van der Waals surface area contributed by atoms with Gasteiger partial charge in [0.25, 0.3) is 0 Å². The monoisotopic (exact) mass is 248 g/mol. The molecule has 0 spiro atoms. The highest BCUT2D eigenvalue weighted by Crippen LogP contribution is 2.22. The molecule has 0 aliphatic carbocycles. The Morgan fingerprint density at radius 3 is 2.82 bits per heavy atom. The fourth-order valence-corrected chi connectivity index (χ4v) is 2.34. The van der Waals surface area contributed by atoms with Crippen LogP contribution in [-0.2, 0) is 5.75 Å². The van der Waals surface area contributed by atoms with Gasteiger partial charge in [-0.05, 0) is 26.0 Å². The molecule has 90 valence electrons. The standard InChI is InChI=1S/C12H16N4S/c1-9(2)16-8-14-6-11(16)7-17-12-4-3-10(13)5-15-12/h3-6,8-9H,7,13H2,1-2H3. The number of thioether (sulfide) groups is 1. The first-order valence-corrected chi connectivity index (χ1v) is 6.50. The third-order valence-corrected chi connectivity index (χ3v) is 3.41. The smallest absolute Gasteiger partial charge is 0.0965 e. The lowest BCUT2D eigenvalue weighted by Crippen LogP contribution is -2.03. The summed E-state index contributed by atoms with van der Waals surface area (Å²) in [6.07, 6.45) is 5.46. The van der Waals surface area contributed by atoms with E-state index < -0.39 is 0 Å². The Morgan fingerprint density at radius 1 is 1.35 bits per heavy atom. The number of nitrogens with zero attached hydrogens (tertiary/aromatic N) is 3. The van der Waals surface area contributed by atoms with Crippen LogP contribution in [0.5, 0.6) is 0 Å². The van der Waals surface area contributed by atoms with Gasteiger partial charge in [-0.3, -0.25) is 0 Å². The maximum atomic E-state index is 5.60. The number of pyridine rings is 1. The molecule has 0 saturated carbocycles. The van der Waals surface area contributed by atoms with Crippen molar-refractivity contribution in [3.63, 3.8) is 0 Å². The van der Waals surface area contributed by atoms with Crippen LogP contribution in [0.2, 0.25) is 0 Å². The van der Waals surface area contributed by atoms with Crippen LogP contribution in [0.1, 0.15) is 25.6 Å². The predicted octanol–water partition coefficient (Wildman–Crippen LogP) is 2.73. The molecule has 17 heavy (non-hydrogen) atoms. The van der Waals surface area contributed by atoms with E-state index in [9.17, 15) is 0 Å². The van der Waals surface area contributed by atoms with Crippen molar-refractivity contribution in [1.29, 1.82) is 0 Å². The molecule has 5 heteroatoms. The second-order valence-electron chi connectivity index (χ2n) is 4.10.